The van der Waals surface area contributed by atoms with E-state index >= 15 is 0 Å². The van der Waals surface area contributed by atoms with Crippen LogP contribution in [0.5, 0.6) is 5.75 Å². The quantitative estimate of drug-likeness (QED) is 0.247. The molecule has 0 saturated carbocycles. The van der Waals surface area contributed by atoms with Crippen LogP contribution in [0.25, 0.3) is 10.9 Å². The summed E-state index contributed by atoms with van der Waals surface area (Å²) in [7, 11) is 0. The minimum absolute atomic E-state index is 0.0893. The number of halogens is 2. The number of fused-ring (bicyclic) bond motifs is 1. The van der Waals surface area contributed by atoms with Gasteiger partial charge in [-0.25, -0.2) is 4.79 Å². The normalized spacial score (nSPS) is 11.2. The van der Waals surface area contributed by atoms with E-state index in [1.165, 1.54) is 18.2 Å². The molecule has 0 aliphatic rings. The number of hydrogen-bond donors (Lipinski definition) is 1. The Morgan fingerprint density at radius 2 is 1.85 bits per heavy atom. The summed E-state index contributed by atoms with van der Waals surface area (Å²) in [5, 5.41) is 16.2. The number of nitrogens with one attached hydrogen (secondary N) is 1. The van der Waals surface area contributed by atoms with Crippen molar-refractivity contribution in [3.63, 3.8) is 0 Å². The first kappa shape index (κ1) is 22.3. The van der Waals surface area contributed by atoms with Crippen LogP contribution in [0, 0.1) is 10.1 Å². The van der Waals surface area contributed by atoms with Crippen LogP contribution in [0.4, 0.5) is 5.69 Å². The maximum atomic E-state index is 12.7. The van der Waals surface area contributed by atoms with Gasteiger partial charge in [-0.3, -0.25) is 14.9 Å². The van der Waals surface area contributed by atoms with Crippen molar-refractivity contribution in [1.82, 2.24) is 9.66 Å². The van der Waals surface area contributed by atoms with Crippen LogP contribution in [-0.4, -0.2) is 20.8 Å². The van der Waals surface area contributed by atoms with E-state index in [0.29, 0.717) is 25.8 Å². The number of nitrogens with zero attached hydrogens (tertiary/aromatic N) is 3. The smallest absolute Gasteiger partial charge is 0.349 e. The summed E-state index contributed by atoms with van der Waals surface area (Å²) in [6.45, 7) is 0.0893. The second-order valence-corrected chi connectivity index (χ2v) is 7.67. The number of rotatable bonds is 6. The van der Waals surface area contributed by atoms with Gasteiger partial charge in [0.05, 0.1) is 32.1 Å². The van der Waals surface area contributed by atoms with Crippen molar-refractivity contribution >= 4 is 46.0 Å². The molecular weight excluding hydrogens is 471 g/mol. The monoisotopic (exact) mass is 484 g/mol. The van der Waals surface area contributed by atoms with Gasteiger partial charge in [0, 0.05) is 17.7 Å². The number of non-ortho nitro benzene ring substituents is 1. The molecule has 0 aliphatic carbocycles. The van der Waals surface area contributed by atoms with E-state index in [2.05, 4.69) is 10.1 Å². The van der Waals surface area contributed by atoms with Gasteiger partial charge in [0.2, 0.25) is 0 Å². The molecule has 4 rings (SSSR count). The van der Waals surface area contributed by atoms with E-state index in [9.17, 15) is 19.7 Å². The topological polar surface area (TPSA) is 120 Å². The molecule has 0 unspecified atom stereocenters. The molecule has 4 aromatic rings. The van der Waals surface area contributed by atoms with Gasteiger partial charge < -0.3 is 9.72 Å². The Labute approximate surface area is 195 Å². The van der Waals surface area contributed by atoms with E-state index in [1.54, 1.807) is 42.5 Å². The highest BCUT2D eigenvalue weighted by molar-refractivity contribution is 6.42. The summed E-state index contributed by atoms with van der Waals surface area (Å²) >= 11 is 11.9. The SMILES string of the molecule is O=c1[nH]c2ccccc2c(=O)n1N=Cc1cc([N+](=O)[O-])ccc1OCc1ccc(Cl)c(Cl)c1. The molecule has 0 radical (unpaired) electrons. The van der Waals surface area contributed by atoms with E-state index in [0.717, 1.165) is 6.21 Å². The summed E-state index contributed by atoms with van der Waals surface area (Å²) in [4.78, 5) is 38.2. The summed E-state index contributed by atoms with van der Waals surface area (Å²) in [5.74, 6) is 0.251. The molecule has 0 bridgehead atoms. The largest absolute Gasteiger partial charge is 0.488 e. The highest BCUT2D eigenvalue weighted by Gasteiger charge is 2.12. The third-order valence-electron chi connectivity index (χ3n) is 4.68. The summed E-state index contributed by atoms with van der Waals surface area (Å²) in [5.41, 5.74) is -0.303. The lowest BCUT2D eigenvalue weighted by molar-refractivity contribution is -0.384. The number of benzene rings is 3. The zero-order valence-electron chi connectivity index (χ0n) is 16.7. The van der Waals surface area contributed by atoms with E-state index in [-0.39, 0.29) is 29.0 Å². The molecular formula is C22H14Cl2N4O5. The zero-order valence-corrected chi connectivity index (χ0v) is 18.2. The first-order valence-corrected chi connectivity index (χ1v) is 10.2. The molecule has 11 heteroatoms. The van der Waals surface area contributed by atoms with Crippen LogP contribution in [0.3, 0.4) is 0 Å². The van der Waals surface area contributed by atoms with Gasteiger partial charge in [-0.15, -0.1) is 4.68 Å². The average molecular weight is 485 g/mol. The lowest BCUT2D eigenvalue weighted by Crippen LogP contribution is -2.32. The van der Waals surface area contributed by atoms with Gasteiger partial charge in [0.15, 0.2) is 0 Å². The van der Waals surface area contributed by atoms with Gasteiger partial charge in [-0.1, -0.05) is 41.4 Å². The molecule has 0 saturated heterocycles. The number of nitro benzene ring substituents is 1. The fourth-order valence-corrected chi connectivity index (χ4v) is 3.37. The van der Waals surface area contributed by atoms with Crippen molar-refractivity contribution in [2.75, 3.05) is 0 Å². The van der Waals surface area contributed by atoms with Gasteiger partial charge in [0.25, 0.3) is 11.2 Å². The lowest BCUT2D eigenvalue weighted by Gasteiger charge is -2.10. The molecule has 3 aromatic carbocycles. The maximum absolute atomic E-state index is 12.7. The molecule has 1 heterocycles. The molecule has 0 fully saturated rings. The summed E-state index contributed by atoms with van der Waals surface area (Å²) < 4.78 is 6.43. The van der Waals surface area contributed by atoms with Gasteiger partial charge in [-0.2, -0.15) is 5.10 Å². The van der Waals surface area contributed by atoms with Gasteiger partial charge in [-0.05, 0) is 35.9 Å². The number of aromatic amines is 1. The Morgan fingerprint density at radius 1 is 1.06 bits per heavy atom. The third-order valence-corrected chi connectivity index (χ3v) is 5.42. The van der Waals surface area contributed by atoms with Crippen molar-refractivity contribution in [3.05, 3.63) is 113 Å². The van der Waals surface area contributed by atoms with Crippen LogP contribution in [-0.2, 0) is 6.61 Å². The Morgan fingerprint density at radius 3 is 2.61 bits per heavy atom. The molecule has 9 nitrogen and oxygen atoms in total. The fraction of sp³-hybridized carbons (Fsp3) is 0.0455. The molecule has 166 valence electrons. The first-order chi connectivity index (χ1) is 15.8. The van der Waals surface area contributed by atoms with Crippen LogP contribution >= 0.6 is 23.2 Å². The minimum Gasteiger partial charge on any atom is -0.488 e. The molecule has 33 heavy (non-hydrogen) atoms. The predicted molar refractivity (Wildman–Crippen MR) is 126 cm³/mol. The van der Waals surface area contributed by atoms with E-state index in [4.69, 9.17) is 27.9 Å². The number of hydrogen-bond acceptors (Lipinski definition) is 6. The molecule has 0 atom stereocenters. The fourth-order valence-electron chi connectivity index (χ4n) is 3.05. The highest BCUT2D eigenvalue weighted by atomic mass is 35.5. The average Bonchev–Trinajstić information content (AvgIpc) is 2.80. The Kier molecular flexibility index (Phi) is 6.25. The Balaban J connectivity index is 1.71. The van der Waals surface area contributed by atoms with Crippen LogP contribution in [0.15, 0.2) is 75.4 Å². The van der Waals surface area contributed by atoms with E-state index < -0.39 is 16.2 Å². The standard InChI is InChI=1S/C22H14Cl2N4O5/c23-17-7-5-13(9-18(17)24)12-33-20-8-6-15(28(31)32)10-14(20)11-25-27-21(29)16-3-1-2-4-19(16)26-22(27)30/h1-11H,12H2,(H,26,30). The van der Waals surface area contributed by atoms with Crippen molar-refractivity contribution in [1.29, 1.82) is 0 Å². The zero-order chi connectivity index (χ0) is 23.5. The summed E-state index contributed by atoms with van der Waals surface area (Å²) in [6.07, 6.45) is 1.16. The highest BCUT2D eigenvalue weighted by Crippen LogP contribution is 2.26. The number of H-pyrrole nitrogens is 1. The molecule has 0 spiro atoms. The maximum Gasteiger partial charge on any atom is 0.349 e. The number of ether oxygens (including phenoxy) is 1. The molecule has 0 aliphatic heterocycles. The van der Waals surface area contributed by atoms with Crippen molar-refractivity contribution in [2.45, 2.75) is 6.61 Å². The number of nitro groups is 1. The van der Waals surface area contributed by atoms with Crippen molar-refractivity contribution in [3.8, 4) is 5.75 Å². The van der Waals surface area contributed by atoms with Crippen LogP contribution in [0.2, 0.25) is 10.0 Å². The van der Waals surface area contributed by atoms with Crippen molar-refractivity contribution in [2.24, 2.45) is 5.10 Å². The number of aromatic nitrogens is 2. The second kappa shape index (κ2) is 9.27. The van der Waals surface area contributed by atoms with E-state index in [1.807, 2.05) is 0 Å². The lowest BCUT2D eigenvalue weighted by atomic mass is 10.2. The molecule has 1 N–H and O–H groups in total. The van der Waals surface area contributed by atoms with Gasteiger partial charge in [0.1, 0.15) is 12.4 Å². The Bertz CT molecular complexity index is 1530. The third kappa shape index (κ3) is 4.79. The van der Waals surface area contributed by atoms with Crippen LogP contribution in [0.1, 0.15) is 11.1 Å². The first-order valence-electron chi connectivity index (χ1n) is 9.47. The Hall–Kier alpha value is -3.95. The molecule has 0 amide bonds. The minimum atomic E-state index is -0.751. The predicted octanol–water partition coefficient (Wildman–Crippen LogP) is 4.37. The summed E-state index contributed by atoms with van der Waals surface area (Å²) in [6, 6.07) is 15.4. The van der Waals surface area contributed by atoms with Crippen LogP contribution < -0.4 is 16.0 Å². The number of para-hydroxylation sites is 1. The second-order valence-electron chi connectivity index (χ2n) is 6.85. The molecule has 1 aromatic heterocycles. The van der Waals surface area contributed by atoms with Crippen molar-refractivity contribution < 1.29 is 9.66 Å². The van der Waals surface area contributed by atoms with Gasteiger partial charge >= 0.3 is 5.69 Å².